The van der Waals surface area contributed by atoms with E-state index in [-0.39, 0.29) is 17.4 Å². The summed E-state index contributed by atoms with van der Waals surface area (Å²) in [7, 11) is -3.46. The molecule has 20 heavy (non-hydrogen) atoms. The summed E-state index contributed by atoms with van der Waals surface area (Å²) < 4.78 is 26.6. The summed E-state index contributed by atoms with van der Waals surface area (Å²) in [5.41, 5.74) is 0. The first-order valence-corrected chi connectivity index (χ1v) is 8.33. The molecule has 0 bridgehead atoms. The van der Waals surface area contributed by atoms with E-state index >= 15 is 0 Å². The smallest absolute Gasteiger partial charge is 0.243 e. The molecule has 0 aromatic carbocycles. The average molecular weight is 299 g/mol. The van der Waals surface area contributed by atoms with Gasteiger partial charge in [-0.2, -0.15) is 4.31 Å². The molecule has 2 heterocycles. The number of hydrogen-bond acceptors (Lipinski definition) is 5. The molecule has 1 atom stereocenters. The molecule has 6 nitrogen and oxygen atoms in total. The Kier molecular flexibility index (Phi) is 4.95. The van der Waals surface area contributed by atoms with Gasteiger partial charge < -0.3 is 10.4 Å². The molecule has 1 saturated heterocycles. The maximum atomic E-state index is 12.5. The lowest BCUT2D eigenvalue weighted by molar-refractivity contribution is 0.259. The highest BCUT2D eigenvalue weighted by Crippen LogP contribution is 2.26. The van der Waals surface area contributed by atoms with E-state index in [0.29, 0.717) is 31.9 Å². The Bertz CT molecular complexity index is 548. The number of aliphatic hydroxyl groups excluding tert-OH is 1. The highest BCUT2D eigenvalue weighted by molar-refractivity contribution is 7.89. The van der Waals surface area contributed by atoms with Crippen LogP contribution in [0.3, 0.4) is 0 Å². The molecular weight excluding hydrogens is 278 g/mol. The number of nitrogens with one attached hydrogen (secondary N) is 1. The summed E-state index contributed by atoms with van der Waals surface area (Å²) in [5, 5.41) is 12.0. The van der Waals surface area contributed by atoms with Gasteiger partial charge in [0.15, 0.2) is 0 Å². The van der Waals surface area contributed by atoms with Gasteiger partial charge in [-0.05, 0) is 31.7 Å². The van der Waals surface area contributed by atoms with Crippen molar-refractivity contribution in [1.29, 1.82) is 0 Å². The molecule has 1 aromatic rings. The first kappa shape index (κ1) is 15.2. The molecule has 1 fully saturated rings. The Labute approximate surface area is 119 Å². The van der Waals surface area contributed by atoms with Crippen molar-refractivity contribution in [3.05, 3.63) is 18.3 Å². The Morgan fingerprint density at radius 1 is 1.55 bits per heavy atom. The molecule has 2 N–H and O–H groups in total. The quantitative estimate of drug-likeness (QED) is 0.816. The SMILES string of the molecule is CCNc1cc(S(=O)(=O)N2CCC(CCO)C2)ccn1. The Morgan fingerprint density at radius 3 is 3.05 bits per heavy atom. The first-order chi connectivity index (χ1) is 9.57. The summed E-state index contributed by atoms with van der Waals surface area (Å²) >= 11 is 0. The zero-order chi connectivity index (χ0) is 14.6. The van der Waals surface area contributed by atoms with E-state index in [1.165, 1.54) is 16.6 Å². The van der Waals surface area contributed by atoms with Gasteiger partial charge in [0, 0.05) is 38.5 Å². The number of aromatic nitrogens is 1. The lowest BCUT2D eigenvalue weighted by Gasteiger charge is -2.17. The Balaban J connectivity index is 2.16. The molecule has 0 spiro atoms. The molecule has 1 aliphatic heterocycles. The third-order valence-electron chi connectivity index (χ3n) is 3.51. The van der Waals surface area contributed by atoms with Crippen LogP contribution in [0.5, 0.6) is 0 Å². The number of nitrogens with zero attached hydrogens (tertiary/aromatic N) is 2. The molecule has 0 radical (unpaired) electrons. The van der Waals surface area contributed by atoms with E-state index in [1.54, 1.807) is 6.07 Å². The standard InChI is InChI=1S/C13H21N3O3S/c1-2-14-13-9-12(3-6-15-13)20(18,19)16-7-4-11(10-16)5-8-17/h3,6,9,11,17H,2,4-5,7-8,10H2,1H3,(H,14,15). The van der Waals surface area contributed by atoms with Crippen LogP contribution in [-0.4, -0.2) is 49.1 Å². The van der Waals surface area contributed by atoms with Gasteiger partial charge in [-0.3, -0.25) is 0 Å². The zero-order valence-electron chi connectivity index (χ0n) is 11.6. The number of pyridine rings is 1. The van der Waals surface area contributed by atoms with E-state index < -0.39 is 10.0 Å². The lowest BCUT2D eigenvalue weighted by Crippen LogP contribution is -2.29. The minimum Gasteiger partial charge on any atom is -0.396 e. The highest BCUT2D eigenvalue weighted by Gasteiger charge is 2.32. The van der Waals surface area contributed by atoms with Gasteiger partial charge in [-0.15, -0.1) is 0 Å². The third kappa shape index (κ3) is 3.28. The van der Waals surface area contributed by atoms with E-state index in [4.69, 9.17) is 5.11 Å². The summed E-state index contributed by atoms with van der Waals surface area (Å²) in [6, 6.07) is 3.09. The summed E-state index contributed by atoms with van der Waals surface area (Å²) in [6.45, 7) is 3.74. The molecule has 0 saturated carbocycles. The van der Waals surface area contributed by atoms with Crippen LogP contribution < -0.4 is 5.32 Å². The van der Waals surface area contributed by atoms with Crippen molar-refractivity contribution in [3.8, 4) is 0 Å². The second kappa shape index (κ2) is 6.51. The Morgan fingerprint density at radius 2 is 2.35 bits per heavy atom. The van der Waals surface area contributed by atoms with Crippen LogP contribution in [-0.2, 0) is 10.0 Å². The highest BCUT2D eigenvalue weighted by atomic mass is 32.2. The van der Waals surface area contributed by atoms with Gasteiger partial charge in [0.2, 0.25) is 10.0 Å². The predicted octanol–water partition coefficient (Wildman–Crippen LogP) is 0.906. The molecule has 112 valence electrons. The summed E-state index contributed by atoms with van der Waals surface area (Å²) in [5.74, 6) is 0.824. The van der Waals surface area contributed by atoms with Gasteiger partial charge >= 0.3 is 0 Å². The number of hydrogen-bond donors (Lipinski definition) is 2. The largest absolute Gasteiger partial charge is 0.396 e. The normalized spacial score (nSPS) is 20.2. The van der Waals surface area contributed by atoms with Crippen molar-refractivity contribution >= 4 is 15.8 Å². The number of rotatable bonds is 6. The molecule has 1 aliphatic rings. The van der Waals surface area contributed by atoms with Gasteiger partial charge in [0.25, 0.3) is 0 Å². The van der Waals surface area contributed by atoms with E-state index in [2.05, 4.69) is 10.3 Å². The fourth-order valence-corrected chi connectivity index (χ4v) is 3.98. The Hall–Kier alpha value is -1.18. The minimum absolute atomic E-state index is 0.110. The maximum absolute atomic E-state index is 12.5. The van der Waals surface area contributed by atoms with Crippen LogP contribution in [0.25, 0.3) is 0 Å². The first-order valence-electron chi connectivity index (χ1n) is 6.89. The van der Waals surface area contributed by atoms with Gasteiger partial charge in [-0.1, -0.05) is 0 Å². The third-order valence-corrected chi connectivity index (χ3v) is 5.37. The van der Waals surface area contributed by atoms with Gasteiger partial charge in [0.05, 0.1) is 4.90 Å². The fraction of sp³-hybridized carbons (Fsp3) is 0.615. The second-order valence-electron chi connectivity index (χ2n) is 4.94. The van der Waals surface area contributed by atoms with Crippen LogP contribution in [0.2, 0.25) is 0 Å². The van der Waals surface area contributed by atoms with Crippen molar-refractivity contribution < 1.29 is 13.5 Å². The minimum atomic E-state index is -3.46. The molecule has 0 amide bonds. The van der Waals surface area contributed by atoms with Crippen LogP contribution in [0.15, 0.2) is 23.2 Å². The van der Waals surface area contributed by atoms with Gasteiger partial charge in [0.1, 0.15) is 5.82 Å². The van der Waals surface area contributed by atoms with Crippen molar-refractivity contribution in [2.45, 2.75) is 24.7 Å². The average Bonchev–Trinajstić information content (AvgIpc) is 2.89. The number of sulfonamides is 1. The van der Waals surface area contributed by atoms with Crippen LogP contribution >= 0.6 is 0 Å². The topological polar surface area (TPSA) is 82.5 Å². The monoisotopic (exact) mass is 299 g/mol. The van der Waals surface area contributed by atoms with Crippen LogP contribution in [0.1, 0.15) is 19.8 Å². The summed E-state index contributed by atoms with van der Waals surface area (Å²) in [4.78, 5) is 4.36. The molecule has 1 unspecified atom stereocenters. The van der Waals surface area contributed by atoms with Crippen molar-refractivity contribution in [1.82, 2.24) is 9.29 Å². The molecule has 0 aliphatic carbocycles. The number of aliphatic hydroxyl groups is 1. The van der Waals surface area contributed by atoms with Crippen molar-refractivity contribution in [2.75, 3.05) is 31.6 Å². The van der Waals surface area contributed by atoms with E-state index in [9.17, 15) is 8.42 Å². The molecule has 1 aromatic heterocycles. The molecule has 7 heteroatoms. The van der Waals surface area contributed by atoms with Gasteiger partial charge in [-0.25, -0.2) is 13.4 Å². The fourth-order valence-electron chi connectivity index (χ4n) is 2.43. The molecule has 2 rings (SSSR count). The second-order valence-corrected chi connectivity index (χ2v) is 6.88. The summed E-state index contributed by atoms with van der Waals surface area (Å²) in [6.07, 6.45) is 2.97. The lowest BCUT2D eigenvalue weighted by atomic mass is 10.1. The van der Waals surface area contributed by atoms with Crippen LogP contribution in [0.4, 0.5) is 5.82 Å². The van der Waals surface area contributed by atoms with Crippen LogP contribution in [0, 0.1) is 5.92 Å². The number of anilines is 1. The zero-order valence-corrected chi connectivity index (χ0v) is 12.4. The van der Waals surface area contributed by atoms with E-state index in [0.717, 1.165) is 6.42 Å². The van der Waals surface area contributed by atoms with Crippen molar-refractivity contribution in [2.24, 2.45) is 5.92 Å². The molecular formula is C13H21N3O3S. The predicted molar refractivity (Wildman–Crippen MR) is 77.0 cm³/mol. The maximum Gasteiger partial charge on any atom is 0.243 e. The van der Waals surface area contributed by atoms with Crippen molar-refractivity contribution in [3.63, 3.8) is 0 Å². The van der Waals surface area contributed by atoms with E-state index in [1.807, 2.05) is 6.92 Å².